The predicted molar refractivity (Wildman–Crippen MR) is 82.5 cm³/mol. The van der Waals surface area contributed by atoms with Crippen LogP contribution >= 0.6 is 11.6 Å². The molecule has 1 saturated carbocycles. The van der Waals surface area contributed by atoms with E-state index < -0.39 is 0 Å². The number of rotatable bonds is 4. The number of nitrogens with two attached hydrogens (primary N) is 1. The maximum Gasteiger partial charge on any atom is 0.227 e. The molecule has 0 heterocycles. The highest BCUT2D eigenvalue weighted by atomic mass is 35.5. The van der Waals surface area contributed by atoms with Crippen LogP contribution in [-0.4, -0.2) is 23.4 Å². The van der Waals surface area contributed by atoms with Crippen LogP contribution in [0.5, 0.6) is 0 Å². The first-order valence-corrected chi connectivity index (χ1v) is 7.79. The fourth-order valence-corrected chi connectivity index (χ4v) is 3.07. The van der Waals surface area contributed by atoms with Crippen LogP contribution in [0.25, 0.3) is 0 Å². The third-order valence-electron chi connectivity index (χ3n) is 4.15. The van der Waals surface area contributed by atoms with Crippen LogP contribution in [0, 0.1) is 5.92 Å². The van der Waals surface area contributed by atoms with Crippen molar-refractivity contribution in [2.24, 2.45) is 11.7 Å². The topological polar surface area (TPSA) is 46.3 Å². The maximum atomic E-state index is 12.7. The third-order valence-corrected chi connectivity index (χ3v) is 4.52. The molecule has 1 aromatic rings. The summed E-state index contributed by atoms with van der Waals surface area (Å²) in [7, 11) is 0. The Morgan fingerprint density at radius 1 is 1.35 bits per heavy atom. The van der Waals surface area contributed by atoms with Gasteiger partial charge in [-0.1, -0.05) is 42.6 Å². The minimum Gasteiger partial charge on any atom is -0.338 e. The molecule has 0 aliphatic heterocycles. The summed E-state index contributed by atoms with van der Waals surface area (Å²) in [5.41, 5.74) is 7.12. The molecule has 1 aliphatic rings. The highest BCUT2D eigenvalue weighted by Gasteiger charge is 2.31. The molecule has 4 heteroatoms. The molecule has 2 rings (SSSR count). The molecular weight excluding hydrogens is 272 g/mol. The van der Waals surface area contributed by atoms with E-state index in [-0.39, 0.29) is 17.9 Å². The second-order valence-corrected chi connectivity index (χ2v) is 5.91. The van der Waals surface area contributed by atoms with E-state index in [2.05, 4.69) is 0 Å². The summed E-state index contributed by atoms with van der Waals surface area (Å²) in [4.78, 5) is 14.5. The van der Waals surface area contributed by atoms with Gasteiger partial charge >= 0.3 is 0 Å². The molecule has 2 atom stereocenters. The first kappa shape index (κ1) is 15.3. The van der Waals surface area contributed by atoms with E-state index in [0.29, 0.717) is 18.1 Å². The molecule has 1 fully saturated rings. The standard InChI is InChI=1S/C16H23ClN2O/c1-2-19(11-12-7-3-5-9-14(12)17)16(20)13-8-4-6-10-15(13)18/h3,5,7,9,13,15H,2,4,6,8,10-11,18H2,1H3. The lowest BCUT2D eigenvalue weighted by Crippen LogP contribution is -2.45. The van der Waals surface area contributed by atoms with E-state index in [1.807, 2.05) is 36.1 Å². The van der Waals surface area contributed by atoms with Crippen LogP contribution in [-0.2, 0) is 11.3 Å². The number of carbonyl (C=O) groups is 1. The zero-order valence-corrected chi connectivity index (χ0v) is 12.8. The van der Waals surface area contributed by atoms with Gasteiger partial charge in [-0.3, -0.25) is 4.79 Å². The zero-order valence-electron chi connectivity index (χ0n) is 12.0. The molecule has 2 unspecified atom stereocenters. The number of hydrogen-bond donors (Lipinski definition) is 1. The molecule has 0 saturated heterocycles. The Bertz CT molecular complexity index is 464. The number of benzene rings is 1. The Morgan fingerprint density at radius 3 is 2.70 bits per heavy atom. The highest BCUT2D eigenvalue weighted by Crippen LogP contribution is 2.26. The molecule has 0 radical (unpaired) electrons. The smallest absolute Gasteiger partial charge is 0.227 e. The summed E-state index contributed by atoms with van der Waals surface area (Å²) < 4.78 is 0. The average molecular weight is 295 g/mol. The monoisotopic (exact) mass is 294 g/mol. The minimum atomic E-state index is -0.0220. The van der Waals surface area contributed by atoms with Gasteiger partial charge in [0, 0.05) is 24.2 Å². The number of nitrogens with zero attached hydrogens (tertiary/aromatic N) is 1. The van der Waals surface area contributed by atoms with Crippen LogP contribution in [0.3, 0.4) is 0 Å². The second-order valence-electron chi connectivity index (χ2n) is 5.50. The fraction of sp³-hybridized carbons (Fsp3) is 0.562. The van der Waals surface area contributed by atoms with Gasteiger partial charge in [-0.25, -0.2) is 0 Å². The maximum absolute atomic E-state index is 12.7. The van der Waals surface area contributed by atoms with E-state index in [4.69, 9.17) is 17.3 Å². The fourth-order valence-electron chi connectivity index (χ4n) is 2.88. The number of hydrogen-bond acceptors (Lipinski definition) is 2. The summed E-state index contributed by atoms with van der Waals surface area (Å²) in [6.07, 6.45) is 4.12. The van der Waals surface area contributed by atoms with Gasteiger partial charge in [-0.15, -0.1) is 0 Å². The van der Waals surface area contributed by atoms with E-state index in [1.165, 1.54) is 0 Å². The summed E-state index contributed by atoms with van der Waals surface area (Å²) >= 11 is 6.18. The van der Waals surface area contributed by atoms with Crippen molar-refractivity contribution in [3.8, 4) is 0 Å². The van der Waals surface area contributed by atoms with Gasteiger partial charge in [0.25, 0.3) is 0 Å². The van der Waals surface area contributed by atoms with Crippen LogP contribution in [0.15, 0.2) is 24.3 Å². The van der Waals surface area contributed by atoms with Crippen molar-refractivity contribution in [3.05, 3.63) is 34.9 Å². The van der Waals surface area contributed by atoms with Gasteiger partial charge in [0.05, 0.1) is 5.92 Å². The molecule has 1 amide bonds. The average Bonchev–Trinajstić information content (AvgIpc) is 2.46. The lowest BCUT2D eigenvalue weighted by molar-refractivity contribution is -0.137. The van der Waals surface area contributed by atoms with Crippen molar-refractivity contribution in [2.45, 2.75) is 45.2 Å². The highest BCUT2D eigenvalue weighted by molar-refractivity contribution is 6.31. The van der Waals surface area contributed by atoms with Gasteiger partial charge < -0.3 is 10.6 Å². The molecule has 0 spiro atoms. The van der Waals surface area contributed by atoms with Crippen molar-refractivity contribution in [1.82, 2.24) is 4.90 Å². The van der Waals surface area contributed by atoms with Crippen LogP contribution in [0.2, 0.25) is 5.02 Å². The Morgan fingerprint density at radius 2 is 2.05 bits per heavy atom. The first-order chi connectivity index (χ1) is 9.63. The number of amides is 1. The molecular formula is C16H23ClN2O. The Labute approximate surface area is 126 Å². The molecule has 3 nitrogen and oxygen atoms in total. The molecule has 1 aliphatic carbocycles. The van der Waals surface area contributed by atoms with Crippen molar-refractivity contribution < 1.29 is 4.79 Å². The van der Waals surface area contributed by atoms with Gasteiger partial charge in [-0.2, -0.15) is 0 Å². The van der Waals surface area contributed by atoms with Gasteiger partial charge in [0.1, 0.15) is 0 Å². The summed E-state index contributed by atoms with van der Waals surface area (Å²) in [6.45, 7) is 3.26. The Balaban J connectivity index is 2.07. The molecule has 2 N–H and O–H groups in total. The normalized spacial score (nSPS) is 22.6. The summed E-state index contributed by atoms with van der Waals surface area (Å²) in [5.74, 6) is 0.158. The molecule has 20 heavy (non-hydrogen) atoms. The van der Waals surface area contributed by atoms with Crippen LogP contribution in [0.1, 0.15) is 38.2 Å². The molecule has 0 bridgehead atoms. The van der Waals surface area contributed by atoms with Gasteiger partial charge in [0.2, 0.25) is 5.91 Å². The van der Waals surface area contributed by atoms with Crippen LogP contribution in [0.4, 0.5) is 0 Å². The lowest BCUT2D eigenvalue weighted by Gasteiger charge is -2.32. The summed E-state index contributed by atoms with van der Waals surface area (Å²) in [5, 5.41) is 0.715. The lowest BCUT2D eigenvalue weighted by atomic mass is 9.84. The number of carbonyl (C=O) groups excluding carboxylic acids is 1. The van der Waals surface area contributed by atoms with Crippen molar-refractivity contribution in [3.63, 3.8) is 0 Å². The van der Waals surface area contributed by atoms with Crippen molar-refractivity contribution in [1.29, 1.82) is 0 Å². The second kappa shape index (κ2) is 7.09. The SMILES string of the molecule is CCN(Cc1ccccc1Cl)C(=O)C1CCCCC1N. The molecule has 1 aromatic carbocycles. The zero-order chi connectivity index (χ0) is 14.5. The molecule has 110 valence electrons. The summed E-state index contributed by atoms with van der Waals surface area (Å²) in [6, 6.07) is 7.70. The first-order valence-electron chi connectivity index (χ1n) is 7.41. The van der Waals surface area contributed by atoms with Gasteiger partial charge in [0.15, 0.2) is 0 Å². The third kappa shape index (κ3) is 3.53. The van der Waals surface area contributed by atoms with Crippen molar-refractivity contribution >= 4 is 17.5 Å². The van der Waals surface area contributed by atoms with Crippen molar-refractivity contribution in [2.75, 3.05) is 6.54 Å². The molecule has 0 aromatic heterocycles. The van der Waals surface area contributed by atoms with E-state index >= 15 is 0 Å². The van der Waals surface area contributed by atoms with E-state index in [9.17, 15) is 4.79 Å². The minimum absolute atomic E-state index is 0.0107. The Hall–Kier alpha value is -1.06. The Kier molecular flexibility index (Phi) is 5.44. The van der Waals surface area contributed by atoms with Crippen LogP contribution < -0.4 is 5.73 Å². The van der Waals surface area contributed by atoms with Gasteiger partial charge in [-0.05, 0) is 31.4 Å². The largest absolute Gasteiger partial charge is 0.338 e. The number of halogens is 1. The quantitative estimate of drug-likeness (QED) is 0.927. The van der Waals surface area contributed by atoms with E-state index in [0.717, 1.165) is 31.2 Å². The van der Waals surface area contributed by atoms with E-state index in [1.54, 1.807) is 0 Å². The predicted octanol–water partition coefficient (Wildman–Crippen LogP) is 3.21.